The van der Waals surface area contributed by atoms with Gasteiger partial charge in [-0.25, -0.2) is 4.79 Å². The topological polar surface area (TPSA) is 35.5 Å². The molecule has 0 N–H and O–H groups in total. The van der Waals surface area contributed by atoms with Crippen molar-refractivity contribution in [2.75, 3.05) is 13.2 Å². The first-order chi connectivity index (χ1) is 20.8. The molecule has 0 bridgehead atoms. The highest BCUT2D eigenvalue weighted by atomic mass is 16.7. The zero-order valence-corrected chi connectivity index (χ0v) is 27.6. The molecule has 0 spiro atoms. The van der Waals surface area contributed by atoms with Crippen LogP contribution in [0.4, 0.5) is 4.79 Å². The molecular formula is C39H66O3. The number of allylic oxidation sites excluding steroid dienone is 12. The molecule has 0 heterocycles. The Labute approximate surface area is 261 Å². The number of hydrogen-bond donors (Lipinski definition) is 0. The summed E-state index contributed by atoms with van der Waals surface area (Å²) in [6.07, 6.45) is 52.2. The van der Waals surface area contributed by atoms with Crippen LogP contribution in [0.5, 0.6) is 0 Å². The lowest BCUT2D eigenvalue weighted by Gasteiger charge is -2.06. The highest BCUT2D eigenvalue weighted by molar-refractivity contribution is 5.59. The van der Waals surface area contributed by atoms with Crippen molar-refractivity contribution in [3.05, 3.63) is 72.9 Å². The van der Waals surface area contributed by atoms with Gasteiger partial charge in [0.15, 0.2) is 0 Å². The smallest absolute Gasteiger partial charge is 0.434 e. The zero-order chi connectivity index (χ0) is 30.4. The molecule has 0 saturated heterocycles. The Morgan fingerprint density at radius 1 is 0.405 bits per heavy atom. The van der Waals surface area contributed by atoms with Gasteiger partial charge in [-0.2, -0.15) is 0 Å². The van der Waals surface area contributed by atoms with E-state index in [0.717, 1.165) is 64.2 Å². The molecule has 0 rings (SSSR count). The van der Waals surface area contributed by atoms with Crippen LogP contribution in [0.3, 0.4) is 0 Å². The third kappa shape index (κ3) is 35.7. The second-order valence-corrected chi connectivity index (χ2v) is 11.1. The lowest BCUT2D eigenvalue weighted by molar-refractivity contribution is 0.0529. The average molecular weight is 583 g/mol. The van der Waals surface area contributed by atoms with Crippen LogP contribution >= 0.6 is 0 Å². The standard InChI is InChI=1S/C39H66O3/c1-3-5-7-9-11-13-15-17-19-20-21-22-23-24-26-28-30-32-34-36-38-42-39(40)41-37-35-33-31-29-27-25-18-16-14-12-10-8-6-4-2/h5,7,11,13-14,16-17,19,21-22,24,26H,3-4,6,8-10,12,15,18,20,23,25,27-38H2,1-2H3/b7-5-,13-11-,16-14-,19-17-,22-21-,26-24-. The van der Waals surface area contributed by atoms with E-state index in [1.165, 1.54) is 77.0 Å². The number of rotatable bonds is 30. The van der Waals surface area contributed by atoms with Gasteiger partial charge in [-0.1, -0.05) is 145 Å². The highest BCUT2D eigenvalue weighted by Gasteiger charge is 2.03. The van der Waals surface area contributed by atoms with E-state index in [1.807, 2.05) is 0 Å². The van der Waals surface area contributed by atoms with Gasteiger partial charge in [-0.3, -0.25) is 0 Å². The van der Waals surface area contributed by atoms with E-state index < -0.39 is 6.16 Å². The van der Waals surface area contributed by atoms with E-state index in [9.17, 15) is 4.79 Å². The molecule has 3 nitrogen and oxygen atoms in total. The van der Waals surface area contributed by atoms with E-state index >= 15 is 0 Å². The van der Waals surface area contributed by atoms with Gasteiger partial charge in [0.2, 0.25) is 0 Å². The first-order valence-electron chi connectivity index (χ1n) is 17.5. The summed E-state index contributed by atoms with van der Waals surface area (Å²) in [6.45, 7) is 5.37. The largest absolute Gasteiger partial charge is 0.508 e. The average Bonchev–Trinajstić information content (AvgIpc) is 3.00. The van der Waals surface area contributed by atoms with Gasteiger partial charge in [0.1, 0.15) is 0 Å². The molecule has 0 radical (unpaired) electrons. The van der Waals surface area contributed by atoms with Crippen molar-refractivity contribution < 1.29 is 14.3 Å². The summed E-state index contributed by atoms with van der Waals surface area (Å²) < 4.78 is 10.4. The highest BCUT2D eigenvalue weighted by Crippen LogP contribution is 2.10. The molecule has 0 aromatic heterocycles. The maximum Gasteiger partial charge on any atom is 0.508 e. The molecular weight excluding hydrogens is 516 g/mol. The Kier molecular flexibility index (Phi) is 34.7. The maximum atomic E-state index is 11.7. The van der Waals surface area contributed by atoms with Crippen LogP contribution in [0.1, 0.15) is 155 Å². The molecule has 0 aromatic carbocycles. The normalized spacial score (nSPS) is 12.4. The Balaban J connectivity index is 3.35. The molecule has 42 heavy (non-hydrogen) atoms. The molecule has 0 aliphatic heterocycles. The molecule has 0 aliphatic rings. The molecule has 0 atom stereocenters. The number of carbonyl (C=O) groups excluding carboxylic acids is 1. The van der Waals surface area contributed by atoms with Crippen molar-refractivity contribution in [2.24, 2.45) is 0 Å². The predicted molar refractivity (Wildman–Crippen MR) is 185 cm³/mol. The van der Waals surface area contributed by atoms with Gasteiger partial charge in [-0.15, -0.1) is 0 Å². The Hall–Kier alpha value is -2.29. The second kappa shape index (κ2) is 36.7. The first kappa shape index (κ1) is 39.7. The molecule has 0 aromatic rings. The summed E-state index contributed by atoms with van der Waals surface area (Å²) in [5, 5.41) is 0. The number of unbranched alkanes of at least 4 members (excludes halogenated alkanes) is 14. The van der Waals surface area contributed by atoms with Gasteiger partial charge in [0.05, 0.1) is 13.2 Å². The van der Waals surface area contributed by atoms with Gasteiger partial charge < -0.3 is 9.47 Å². The Morgan fingerprint density at radius 2 is 0.738 bits per heavy atom. The van der Waals surface area contributed by atoms with E-state index in [-0.39, 0.29) is 0 Å². The summed E-state index contributed by atoms with van der Waals surface area (Å²) in [4.78, 5) is 11.7. The van der Waals surface area contributed by atoms with Crippen LogP contribution in [-0.4, -0.2) is 19.4 Å². The fourth-order valence-corrected chi connectivity index (χ4v) is 4.44. The van der Waals surface area contributed by atoms with Crippen molar-refractivity contribution in [1.82, 2.24) is 0 Å². The van der Waals surface area contributed by atoms with Crippen LogP contribution in [0.25, 0.3) is 0 Å². The van der Waals surface area contributed by atoms with Crippen LogP contribution in [-0.2, 0) is 9.47 Å². The third-order valence-electron chi connectivity index (χ3n) is 7.02. The summed E-state index contributed by atoms with van der Waals surface area (Å²) in [7, 11) is 0. The summed E-state index contributed by atoms with van der Waals surface area (Å²) in [6, 6.07) is 0. The molecule has 0 amide bonds. The molecule has 240 valence electrons. The van der Waals surface area contributed by atoms with Gasteiger partial charge in [0.25, 0.3) is 0 Å². The lowest BCUT2D eigenvalue weighted by atomic mass is 10.1. The Bertz CT molecular complexity index is 726. The van der Waals surface area contributed by atoms with Gasteiger partial charge in [0, 0.05) is 0 Å². The monoisotopic (exact) mass is 583 g/mol. The summed E-state index contributed by atoms with van der Waals surface area (Å²) >= 11 is 0. The van der Waals surface area contributed by atoms with Crippen molar-refractivity contribution in [1.29, 1.82) is 0 Å². The quantitative estimate of drug-likeness (QED) is 0.0480. The zero-order valence-electron chi connectivity index (χ0n) is 27.6. The van der Waals surface area contributed by atoms with Crippen molar-refractivity contribution in [2.45, 2.75) is 155 Å². The van der Waals surface area contributed by atoms with Crippen LogP contribution < -0.4 is 0 Å². The first-order valence-corrected chi connectivity index (χ1v) is 17.5. The van der Waals surface area contributed by atoms with Gasteiger partial charge >= 0.3 is 6.16 Å². The fraction of sp³-hybridized carbons (Fsp3) is 0.667. The number of carbonyl (C=O) groups is 1. The van der Waals surface area contributed by atoms with E-state index in [0.29, 0.717) is 13.2 Å². The third-order valence-corrected chi connectivity index (χ3v) is 7.02. The molecule has 3 heteroatoms. The minimum absolute atomic E-state index is 0.466. The SMILES string of the molecule is CC/C=C\C/C=C\C/C=C\C/C=C\C/C=C\CCCCCCOC(=O)OCCCCCCCC/C=C\CCCCCC. The second-order valence-electron chi connectivity index (χ2n) is 11.1. The number of hydrogen-bond acceptors (Lipinski definition) is 3. The Morgan fingerprint density at radius 3 is 1.17 bits per heavy atom. The molecule has 0 unspecified atom stereocenters. The van der Waals surface area contributed by atoms with Crippen molar-refractivity contribution in [3.8, 4) is 0 Å². The van der Waals surface area contributed by atoms with E-state index in [4.69, 9.17) is 9.47 Å². The minimum Gasteiger partial charge on any atom is -0.434 e. The predicted octanol–water partition coefficient (Wildman–Crippen LogP) is 13.1. The van der Waals surface area contributed by atoms with Crippen molar-refractivity contribution >= 4 is 6.16 Å². The summed E-state index contributed by atoms with van der Waals surface area (Å²) in [5.74, 6) is 0. The fourth-order valence-electron chi connectivity index (χ4n) is 4.44. The minimum atomic E-state index is -0.504. The maximum absolute atomic E-state index is 11.7. The van der Waals surface area contributed by atoms with Gasteiger partial charge in [-0.05, 0) is 83.5 Å². The lowest BCUT2D eigenvalue weighted by Crippen LogP contribution is -2.09. The summed E-state index contributed by atoms with van der Waals surface area (Å²) in [5.41, 5.74) is 0. The number of ether oxygens (including phenoxy) is 2. The van der Waals surface area contributed by atoms with Crippen molar-refractivity contribution in [3.63, 3.8) is 0 Å². The van der Waals surface area contributed by atoms with E-state index in [1.54, 1.807) is 0 Å². The molecule has 0 saturated carbocycles. The van der Waals surface area contributed by atoms with Crippen LogP contribution in [0.15, 0.2) is 72.9 Å². The van der Waals surface area contributed by atoms with Crippen LogP contribution in [0.2, 0.25) is 0 Å². The van der Waals surface area contributed by atoms with E-state index in [2.05, 4.69) is 86.8 Å². The molecule has 0 aliphatic carbocycles. The molecule has 0 fully saturated rings. The van der Waals surface area contributed by atoms with Crippen LogP contribution in [0, 0.1) is 0 Å².